The molecule has 35 heavy (non-hydrogen) atoms. The normalized spacial score (nSPS) is 14.6. The molecule has 2 heterocycles. The number of hydrogen-bond donors (Lipinski definition) is 2. The fraction of sp³-hybridized carbons (Fsp3) is 0.360. The van der Waals surface area contributed by atoms with E-state index in [9.17, 15) is 4.57 Å². The van der Waals surface area contributed by atoms with Crippen LogP contribution in [0.1, 0.15) is 12.8 Å². The van der Waals surface area contributed by atoms with Gasteiger partial charge in [0.2, 0.25) is 5.95 Å². The van der Waals surface area contributed by atoms with Crippen LogP contribution in [-0.4, -0.2) is 56.7 Å². The van der Waals surface area contributed by atoms with E-state index < -0.39 is 7.14 Å². The Morgan fingerprint density at radius 1 is 1.06 bits per heavy atom. The van der Waals surface area contributed by atoms with Crippen molar-refractivity contribution in [2.24, 2.45) is 0 Å². The summed E-state index contributed by atoms with van der Waals surface area (Å²) in [7, 11) is 0.914. The van der Waals surface area contributed by atoms with Crippen molar-refractivity contribution in [1.82, 2.24) is 9.97 Å². The number of anilines is 5. The summed E-state index contributed by atoms with van der Waals surface area (Å²) in [4.78, 5) is 11.2. The maximum atomic E-state index is 12.7. The monoisotopic (exact) mass is 515 g/mol. The molecule has 0 atom stereocenters. The smallest absolute Gasteiger partial charge is 0.229 e. The van der Waals surface area contributed by atoms with Crippen molar-refractivity contribution >= 4 is 52.9 Å². The van der Waals surface area contributed by atoms with Gasteiger partial charge in [-0.1, -0.05) is 23.7 Å². The van der Waals surface area contributed by atoms with Crippen molar-refractivity contribution in [3.8, 4) is 5.75 Å². The number of rotatable bonds is 8. The highest BCUT2D eigenvalue weighted by Gasteiger charge is 2.20. The molecule has 2 aromatic carbocycles. The van der Waals surface area contributed by atoms with Gasteiger partial charge in [0, 0.05) is 37.3 Å². The topological polar surface area (TPSA) is 88.6 Å². The number of piperidine rings is 1. The van der Waals surface area contributed by atoms with Crippen LogP contribution in [0.5, 0.6) is 5.75 Å². The van der Waals surface area contributed by atoms with Gasteiger partial charge < -0.3 is 29.6 Å². The Morgan fingerprint density at radius 3 is 2.49 bits per heavy atom. The first kappa shape index (κ1) is 25.3. The number of hydrogen-bond acceptors (Lipinski definition) is 8. The Hall–Kier alpha value is -2.80. The molecule has 1 aliphatic rings. The fourth-order valence-electron chi connectivity index (χ4n) is 4.14. The first-order chi connectivity index (χ1) is 16.8. The number of nitrogens with zero attached hydrogens (tertiary/aromatic N) is 3. The lowest BCUT2D eigenvalue weighted by molar-refractivity contribution is 0.0819. The van der Waals surface area contributed by atoms with Crippen molar-refractivity contribution in [2.45, 2.75) is 18.9 Å². The molecule has 1 fully saturated rings. The van der Waals surface area contributed by atoms with E-state index in [1.807, 2.05) is 36.4 Å². The summed E-state index contributed by atoms with van der Waals surface area (Å²) in [6.45, 7) is 5.34. The Balaban J connectivity index is 1.54. The second-order valence-electron chi connectivity index (χ2n) is 8.81. The molecular formula is C25H31ClN5O3P. The largest absolute Gasteiger partial charge is 0.494 e. The number of nitrogens with one attached hydrogen (secondary N) is 2. The van der Waals surface area contributed by atoms with Gasteiger partial charge in [0.15, 0.2) is 5.82 Å². The van der Waals surface area contributed by atoms with Gasteiger partial charge in [0.25, 0.3) is 0 Å². The van der Waals surface area contributed by atoms with Crippen molar-refractivity contribution in [3.63, 3.8) is 0 Å². The lowest BCUT2D eigenvalue weighted by Crippen LogP contribution is -2.36. The van der Waals surface area contributed by atoms with Crippen LogP contribution < -0.4 is 25.6 Å². The summed E-state index contributed by atoms with van der Waals surface area (Å²) in [5.41, 5.74) is 2.54. The van der Waals surface area contributed by atoms with Gasteiger partial charge in [-0.3, -0.25) is 0 Å². The summed E-state index contributed by atoms with van der Waals surface area (Å²) >= 11 is 6.38. The Morgan fingerprint density at radius 2 is 1.80 bits per heavy atom. The Labute approximate surface area is 211 Å². The van der Waals surface area contributed by atoms with E-state index in [4.69, 9.17) is 21.1 Å². The average Bonchev–Trinajstić information content (AvgIpc) is 2.86. The van der Waals surface area contributed by atoms with Crippen molar-refractivity contribution in [2.75, 3.05) is 56.2 Å². The highest BCUT2D eigenvalue weighted by atomic mass is 35.5. The molecular weight excluding hydrogens is 485 g/mol. The molecule has 0 aliphatic carbocycles. The van der Waals surface area contributed by atoms with Crippen molar-refractivity contribution < 1.29 is 14.0 Å². The lowest BCUT2D eigenvalue weighted by Gasteiger charge is -2.33. The maximum Gasteiger partial charge on any atom is 0.229 e. The van der Waals surface area contributed by atoms with Crippen LogP contribution in [0.25, 0.3) is 0 Å². The van der Waals surface area contributed by atoms with Gasteiger partial charge >= 0.3 is 0 Å². The minimum atomic E-state index is -2.50. The fourth-order valence-corrected chi connectivity index (χ4v) is 5.44. The van der Waals surface area contributed by atoms with Crippen LogP contribution in [0.2, 0.25) is 5.02 Å². The van der Waals surface area contributed by atoms with Gasteiger partial charge in [0.05, 0.1) is 30.8 Å². The number of aromatic nitrogens is 2. The van der Waals surface area contributed by atoms with Crippen LogP contribution in [-0.2, 0) is 9.30 Å². The number of ether oxygens (including phenoxy) is 2. The van der Waals surface area contributed by atoms with E-state index in [0.29, 0.717) is 34.3 Å². The van der Waals surface area contributed by atoms with Crippen LogP contribution in [0.15, 0.2) is 48.7 Å². The lowest BCUT2D eigenvalue weighted by atomic mass is 10.1. The minimum absolute atomic E-state index is 0.326. The number of para-hydroxylation sites is 1. The summed E-state index contributed by atoms with van der Waals surface area (Å²) in [6.07, 6.45) is 3.86. The van der Waals surface area contributed by atoms with Crippen LogP contribution in [0, 0.1) is 0 Å². The standard InChI is InChI=1S/C25H31ClN5O3P/c1-33-18-11-13-31(14-12-18)17-9-10-20(22(15-17)34-2)29-25-27-16-19(26)24(30-25)28-21-7-5-6-8-23(21)35(3,4)32/h5-10,15-16,18H,11-14H2,1-4H3,(H2,27,28,29,30). The van der Waals surface area contributed by atoms with E-state index in [-0.39, 0.29) is 0 Å². The van der Waals surface area contributed by atoms with E-state index >= 15 is 0 Å². The number of benzene rings is 2. The molecule has 0 unspecified atom stereocenters. The number of methoxy groups -OCH3 is 2. The molecule has 186 valence electrons. The second kappa shape index (κ2) is 10.9. The Bertz CT molecular complexity index is 1230. The zero-order chi connectivity index (χ0) is 25.0. The first-order valence-electron chi connectivity index (χ1n) is 11.5. The molecule has 0 spiro atoms. The van der Waals surface area contributed by atoms with Crippen molar-refractivity contribution in [3.05, 3.63) is 53.7 Å². The molecule has 0 radical (unpaired) electrons. The third kappa shape index (κ3) is 6.07. The van der Waals surface area contributed by atoms with Gasteiger partial charge in [-0.25, -0.2) is 4.98 Å². The molecule has 1 aliphatic heterocycles. The van der Waals surface area contributed by atoms with E-state index in [2.05, 4.69) is 31.6 Å². The summed E-state index contributed by atoms with van der Waals surface area (Å²) in [5, 5.41) is 7.54. The van der Waals surface area contributed by atoms with Gasteiger partial charge in [-0.15, -0.1) is 0 Å². The first-order valence-corrected chi connectivity index (χ1v) is 14.4. The molecule has 10 heteroatoms. The molecule has 3 aromatic rings. The minimum Gasteiger partial charge on any atom is -0.494 e. The van der Waals surface area contributed by atoms with Gasteiger partial charge in [-0.05, 0) is 50.4 Å². The second-order valence-corrected chi connectivity index (χ2v) is 12.4. The molecule has 0 saturated carbocycles. The zero-order valence-corrected chi connectivity index (χ0v) is 22.1. The Kier molecular flexibility index (Phi) is 7.85. The SMILES string of the molecule is COc1cc(N2CCC(OC)CC2)ccc1Nc1ncc(Cl)c(Nc2ccccc2P(C)(C)=O)n1. The maximum absolute atomic E-state index is 12.7. The third-order valence-corrected chi connectivity index (χ3v) is 7.88. The molecule has 0 bridgehead atoms. The average molecular weight is 516 g/mol. The van der Waals surface area contributed by atoms with Gasteiger partial charge in [-0.2, -0.15) is 4.98 Å². The highest BCUT2D eigenvalue weighted by molar-refractivity contribution is 7.70. The van der Waals surface area contributed by atoms with Crippen LogP contribution in [0.3, 0.4) is 0 Å². The molecule has 1 saturated heterocycles. The predicted octanol–water partition coefficient (Wildman–Crippen LogP) is 5.49. The van der Waals surface area contributed by atoms with Crippen molar-refractivity contribution in [1.29, 1.82) is 0 Å². The van der Waals surface area contributed by atoms with E-state index in [0.717, 1.165) is 42.6 Å². The summed E-state index contributed by atoms with van der Waals surface area (Å²) in [5.74, 6) is 1.46. The zero-order valence-electron chi connectivity index (χ0n) is 20.4. The van der Waals surface area contributed by atoms with Crippen LogP contribution >= 0.6 is 18.7 Å². The molecule has 8 nitrogen and oxygen atoms in total. The number of halogens is 1. The summed E-state index contributed by atoms with van der Waals surface area (Å²) in [6, 6.07) is 13.5. The third-order valence-electron chi connectivity index (χ3n) is 6.05. The molecule has 4 rings (SSSR count). The van der Waals surface area contributed by atoms with Crippen LogP contribution in [0.4, 0.5) is 28.8 Å². The van der Waals surface area contributed by atoms with E-state index in [1.165, 1.54) is 6.20 Å². The summed E-state index contributed by atoms with van der Waals surface area (Å²) < 4.78 is 23.9. The van der Waals surface area contributed by atoms with E-state index in [1.54, 1.807) is 27.5 Å². The highest BCUT2D eigenvalue weighted by Crippen LogP contribution is 2.39. The van der Waals surface area contributed by atoms with Gasteiger partial charge in [0.1, 0.15) is 17.9 Å². The molecule has 2 N–H and O–H groups in total. The molecule has 0 amide bonds. The molecule has 1 aromatic heterocycles. The quantitative estimate of drug-likeness (QED) is 0.381. The predicted molar refractivity (Wildman–Crippen MR) is 144 cm³/mol.